The first kappa shape index (κ1) is 13.3. The zero-order chi connectivity index (χ0) is 11.3. The van der Waals surface area contributed by atoms with Crippen LogP contribution in [0.5, 0.6) is 0 Å². The van der Waals surface area contributed by atoms with Crippen molar-refractivity contribution in [3.63, 3.8) is 0 Å². The van der Waals surface area contributed by atoms with Gasteiger partial charge >= 0.3 is 0 Å². The molecule has 1 rings (SSSR count). The number of hydrogen-bond acceptors (Lipinski definition) is 3. The minimum atomic E-state index is 0.665. The van der Waals surface area contributed by atoms with E-state index in [0.29, 0.717) is 6.04 Å². The van der Waals surface area contributed by atoms with Gasteiger partial charge in [0.1, 0.15) is 0 Å². The first-order valence-electron chi connectivity index (χ1n) is 6.22. The van der Waals surface area contributed by atoms with Gasteiger partial charge < -0.3 is 10.2 Å². The van der Waals surface area contributed by atoms with Crippen LogP contribution < -0.4 is 5.32 Å². The van der Waals surface area contributed by atoms with Gasteiger partial charge in [-0.05, 0) is 19.5 Å². The summed E-state index contributed by atoms with van der Waals surface area (Å²) in [6.45, 7) is 9.22. The summed E-state index contributed by atoms with van der Waals surface area (Å²) in [5.74, 6) is 3.36. The van der Waals surface area contributed by atoms with Gasteiger partial charge in [0.25, 0.3) is 0 Å². The van der Waals surface area contributed by atoms with Crippen LogP contribution in [0, 0.1) is 5.92 Å². The minimum absolute atomic E-state index is 0.665. The third-order valence-electron chi connectivity index (χ3n) is 3.55. The highest BCUT2D eigenvalue weighted by atomic mass is 32.2. The van der Waals surface area contributed by atoms with Crippen molar-refractivity contribution >= 4 is 11.8 Å². The Morgan fingerprint density at radius 3 is 2.73 bits per heavy atom. The zero-order valence-corrected chi connectivity index (χ0v) is 11.4. The van der Waals surface area contributed by atoms with Crippen molar-refractivity contribution in [1.29, 1.82) is 0 Å². The maximum atomic E-state index is 3.68. The SMILES string of the molecule is CCNC(C(C)CC)C1CSCCN1C. The lowest BCUT2D eigenvalue weighted by Gasteiger charge is -2.40. The van der Waals surface area contributed by atoms with Crippen molar-refractivity contribution in [1.82, 2.24) is 10.2 Å². The van der Waals surface area contributed by atoms with Crippen LogP contribution in [0.4, 0.5) is 0 Å². The normalized spacial score (nSPS) is 27.6. The third-order valence-corrected chi connectivity index (χ3v) is 4.60. The molecule has 0 saturated carbocycles. The second-order valence-electron chi connectivity index (χ2n) is 4.59. The number of thioether (sulfide) groups is 1. The van der Waals surface area contributed by atoms with Crippen LogP contribution in [0.25, 0.3) is 0 Å². The van der Waals surface area contributed by atoms with E-state index in [4.69, 9.17) is 0 Å². The molecular formula is C12H26N2S. The fourth-order valence-electron chi connectivity index (χ4n) is 2.29. The zero-order valence-electron chi connectivity index (χ0n) is 10.6. The monoisotopic (exact) mass is 230 g/mol. The number of nitrogens with one attached hydrogen (secondary N) is 1. The van der Waals surface area contributed by atoms with Gasteiger partial charge in [0.15, 0.2) is 0 Å². The van der Waals surface area contributed by atoms with Crippen LogP contribution in [0.15, 0.2) is 0 Å². The molecule has 0 amide bonds. The molecule has 0 bridgehead atoms. The molecule has 3 unspecified atom stereocenters. The second kappa shape index (κ2) is 6.77. The van der Waals surface area contributed by atoms with E-state index in [2.05, 4.69) is 49.8 Å². The second-order valence-corrected chi connectivity index (χ2v) is 5.74. The van der Waals surface area contributed by atoms with Crippen LogP contribution in [-0.2, 0) is 0 Å². The Morgan fingerprint density at radius 2 is 2.20 bits per heavy atom. The summed E-state index contributed by atoms with van der Waals surface area (Å²) < 4.78 is 0. The van der Waals surface area contributed by atoms with Crippen molar-refractivity contribution < 1.29 is 0 Å². The van der Waals surface area contributed by atoms with E-state index in [-0.39, 0.29) is 0 Å². The molecule has 1 aliphatic heterocycles. The van der Waals surface area contributed by atoms with Gasteiger partial charge in [-0.15, -0.1) is 0 Å². The van der Waals surface area contributed by atoms with E-state index in [0.717, 1.165) is 18.5 Å². The topological polar surface area (TPSA) is 15.3 Å². The molecule has 0 aromatic carbocycles. The van der Waals surface area contributed by atoms with Crippen LogP contribution in [0.1, 0.15) is 27.2 Å². The Hall–Kier alpha value is 0.270. The summed E-state index contributed by atoms with van der Waals surface area (Å²) in [7, 11) is 2.27. The molecule has 0 spiro atoms. The van der Waals surface area contributed by atoms with Crippen molar-refractivity contribution in [2.75, 3.05) is 31.6 Å². The Balaban J connectivity index is 2.59. The molecule has 0 aliphatic carbocycles. The molecular weight excluding hydrogens is 204 g/mol. The van der Waals surface area contributed by atoms with E-state index >= 15 is 0 Å². The Kier molecular flexibility index (Phi) is 6.02. The number of nitrogens with zero attached hydrogens (tertiary/aromatic N) is 1. The van der Waals surface area contributed by atoms with Crippen LogP contribution >= 0.6 is 11.8 Å². The molecule has 3 heteroatoms. The predicted molar refractivity (Wildman–Crippen MR) is 70.7 cm³/mol. The predicted octanol–water partition coefficient (Wildman–Crippen LogP) is 2.06. The van der Waals surface area contributed by atoms with E-state index in [1.807, 2.05) is 0 Å². The quantitative estimate of drug-likeness (QED) is 0.778. The summed E-state index contributed by atoms with van der Waals surface area (Å²) in [5.41, 5.74) is 0. The number of rotatable bonds is 5. The third kappa shape index (κ3) is 3.65. The molecule has 1 aliphatic rings. The van der Waals surface area contributed by atoms with E-state index < -0.39 is 0 Å². The van der Waals surface area contributed by atoms with Gasteiger partial charge in [0, 0.05) is 30.1 Å². The van der Waals surface area contributed by atoms with Crippen LogP contribution in [0.3, 0.4) is 0 Å². The Morgan fingerprint density at radius 1 is 1.47 bits per heavy atom. The number of likely N-dealkylation sites (N-methyl/N-ethyl adjacent to an activating group) is 2. The van der Waals surface area contributed by atoms with Gasteiger partial charge in [-0.2, -0.15) is 11.8 Å². The average molecular weight is 230 g/mol. The van der Waals surface area contributed by atoms with Crippen molar-refractivity contribution in [3.05, 3.63) is 0 Å². The highest BCUT2D eigenvalue weighted by Gasteiger charge is 2.30. The van der Waals surface area contributed by atoms with Crippen molar-refractivity contribution in [3.8, 4) is 0 Å². The van der Waals surface area contributed by atoms with Gasteiger partial charge in [0.05, 0.1) is 0 Å². The largest absolute Gasteiger partial charge is 0.312 e. The highest BCUT2D eigenvalue weighted by molar-refractivity contribution is 7.99. The Bertz CT molecular complexity index is 175. The highest BCUT2D eigenvalue weighted by Crippen LogP contribution is 2.22. The molecule has 90 valence electrons. The van der Waals surface area contributed by atoms with Crippen LogP contribution in [-0.4, -0.2) is 48.6 Å². The first-order chi connectivity index (χ1) is 7.20. The number of hydrogen-bond donors (Lipinski definition) is 1. The summed E-state index contributed by atoms with van der Waals surface area (Å²) in [5, 5.41) is 3.68. The summed E-state index contributed by atoms with van der Waals surface area (Å²) in [6, 6.07) is 1.39. The smallest absolute Gasteiger partial charge is 0.0339 e. The van der Waals surface area contributed by atoms with Crippen molar-refractivity contribution in [2.45, 2.75) is 39.3 Å². The lowest BCUT2D eigenvalue weighted by atomic mass is 9.92. The lowest BCUT2D eigenvalue weighted by molar-refractivity contribution is 0.178. The van der Waals surface area contributed by atoms with E-state index in [1.54, 1.807) is 0 Å². The summed E-state index contributed by atoms with van der Waals surface area (Å²) >= 11 is 2.11. The minimum Gasteiger partial charge on any atom is -0.312 e. The van der Waals surface area contributed by atoms with Gasteiger partial charge in [-0.1, -0.05) is 27.2 Å². The fraction of sp³-hybridized carbons (Fsp3) is 1.00. The Labute approximate surface area is 99.2 Å². The molecule has 1 heterocycles. The fourth-order valence-corrected chi connectivity index (χ4v) is 3.58. The van der Waals surface area contributed by atoms with Crippen LogP contribution in [0.2, 0.25) is 0 Å². The molecule has 1 fully saturated rings. The molecule has 0 aromatic rings. The molecule has 1 N–H and O–H groups in total. The average Bonchev–Trinajstić information content (AvgIpc) is 2.26. The molecule has 0 radical (unpaired) electrons. The molecule has 2 nitrogen and oxygen atoms in total. The lowest BCUT2D eigenvalue weighted by Crippen LogP contribution is -2.55. The first-order valence-corrected chi connectivity index (χ1v) is 7.37. The molecule has 15 heavy (non-hydrogen) atoms. The molecule has 0 aromatic heterocycles. The maximum Gasteiger partial charge on any atom is 0.0339 e. The summed E-state index contributed by atoms with van der Waals surface area (Å²) in [4.78, 5) is 2.54. The molecule has 3 atom stereocenters. The molecule has 1 saturated heterocycles. The van der Waals surface area contributed by atoms with Gasteiger partial charge in [-0.25, -0.2) is 0 Å². The van der Waals surface area contributed by atoms with E-state index in [9.17, 15) is 0 Å². The van der Waals surface area contributed by atoms with E-state index in [1.165, 1.54) is 24.5 Å². The standard InChI is InChI=1S/C12H26N2S/c1-5-10(3)12(13-6-2)11-9-15-8-7-14(11)4/h10-13H,5-9H2,1-4H3. The maximum absolute atomic E-state index is 3.68. The van der Waals surface area contributed by atoms with Gasteiger partial charge in [0.2, 0.25) is 0 Å². The summed E-state index contributed by atoms with van der Waals surface area (Å²) in [6.07, 6.45) is 1.27. The van der Waals surface area contributed by atoms with Gasteiger partial charge in [-0.3, -0.25) is 0 Å². The van der Waals surface area contributed by atoms with Crippen molar-refractivity contribution in [2.24, 2.45) is 5.92 Å².